The lowest BCUT2D eigenvalue weighted by molar-refractivity contribution is -0.126. The van der Waals surface area contributed by atoms with Crippen LogP contribution in [0.5, 0.6) is 0 Å². The van der Waals surface area contributed by atoms with Gasteiger partial charge >= 0.3 is 0 Å². The molecule has 0 saturated carbocycles. The second-order valence-corrected chi connectivity index (χ2v) is 7.40. The van der Waals surface area contributed by atoms with Crippen LogP contribution in [-0.2, 0) is 21.6 Å². The fraction of sp³-hybridized carbons (Fsp3) is 0.136. The van der Waals surface area contributed by atoms with Crippen molar-refractivity contribution in [2.75, 3.05) is 5.73 Å². The number of hydrogen-bond donors (Lipinski definition) is 4. The summed E-state index contributed by atoms with van der Waals surface area (Å²) in [5, 5.41) is 2.98. The van der Waals surface area contributed by atoms with Gasteiger partial charge in [-0.1, -0.05) is 72.8 Å². The molecule has 7 heteroatoms. The lowest BCUT2D eigenvalue weighted by atomic mass is 9.82. The van der Waals surface area contributed by atoms with Gasteiger partial charge in [-0.25, -0.2) is 4.21 Å². The number of rotatable bonds is 7. The number of amides is 1. The molecule has 3 atom stereocenters. The van der Waals surface area contributed by atoms with E-state index < -0.39 is 22.7 Å². The summed E-state index contributed by atoms with van der Waals surface area (Å²) in [6, 6.07) is 24.7. The molecule has 0 fully saturated rings. The maximum Gasteiger partial charge on any atom is 0.251 e. The van der Waals surface area contributed by atoms with E-state index in [1.165, 1.54) is 0 Å². The Balaban J connectivity index is 2.11. The molecule has 3 rings (SSSR count). The molecule has 0 saturated heterocycles. The van der Waals surface area contributed by atoms with Gasteiger partial charge in [0.25, 0.3) is 5.91 Å². The van der Waals surface area contributed by atoms with Crippen LogP contribution < -0.4 is 15.8 Å². The second-order valence-electron chi connectivity index (χ2n) is 6.70. The zero-order chi connectivity index (χ0) is 20.9. The van der Waals surface area contributed by atoms with Gasteiger partial charge in [0, 0.05) is 5.69 Å². The third kappa shape index (κ3) is 4.54. The quantitative estimate of drug-likeness (QED) is 0.355. The Bertz CT molecular complexity index is 981. The van der Waals surface area contributed by atoms with Crippen LogP contribution in [-0.4, -0.2) is 14.7 Å². The number of hydrogen-bond acceptors (Lipinski definition) is 3. The van der Waals surface area contributed by atoms with E-state index in [2.05, 4.69) is 10.0 Å². The summed E-state index contributed by atoms with van der Waals surface area (Å²) in [7, 11) is 0. The molecule has 1 amide bonds. The van der Waals surface area contributed by atoms with Crippen LogP contribution in [0.1, 0.15) is 29.7 Å². The van der Waals surface area contributed by atoms with Crippen molar-refractivity contribution in [1.29, 1.82) is 0 Å². The minimum absolute atomic E-state index is 0.311. The van der Waals surface area contributed by atoms with Gasteiger partial charge in [0.05, 0.1) is 6.04 Å². The molecule has 150 valence electrons. The topological polar surface area (TPSA) is 104 Å². The highest BCUT2D eigenvalue weighted by atomic mass is 32.2. The Kier molecular flexibility index (Phi) is 6.43. The number of benzene rings is 3. The largest absolute Gasteiger partial charge is 0.399 e. The Hall–Kier alpha value is -3.00. The molecular formula is C22H23N3O3S. The number of carbonyl (C=O) groups excluding carboxylic acids is 1. The number of anilines is 1. The molecule has 5 N–H and O–H groups in total. The van der Waals surface area contributed by atoms with E-state index >= 15 is 0 Å². The second kappa shape index (κ2) is 9.00. The Morgan fingerprint density at radius 1 is 0.931 bits per heavy atom. The van der Waals surface area contributed by atoms with Gasteiger partial charge in [-0.2, -0.15) is 4.72 Å². The van der Waals surface area contributed by atoms with Crippen molar-refractivity contribution in [3.63, 3.8) is 0 Å². The van der Waals surface area contributed by atoms with Gasteiger partial charge in [-0.3, -0.25) is 9.35 Å². The molecule has 6 nitrogen and oxygen atoms in total. The van der Waals surface area contributed by atoms with Crippen LogP contribution in [0.2, 0.25) is 0 Å². The summed E-state index contributed by atoms with van der Waals surface area (Å²) < 4.78 is 24.2. The molecule has 3 unspecified atom stereocenters. The first-order valence-corrected chi connectivity index (χ1v) is 10.2. The van der Waals surface area contributed by atoms with Crippen molar-refractivity contribution in [1.82, 2.24) is 10.0 Å². The molecule has 3 aromatic rings. The third-order valence-electron chi connectivity index (χ3n) is 4.78. The van der Waals surface area contributed by atoms with Crippen LogP contribution in [0.3, 0.4) is 0 Å². The fourth-order valence-electron chi connectivity index (χ4n) is 3.28. The predicted octanol–water partition coefficient (Wildman–Crippen LogP) is 3.12. The Labute approximate surface area is 172 Å². The summed E-state index contributed by atoms with van der Waals surface area (Å²) in [5.74, 6) is -0.452. The van der Waals surface area contributed by atoms with Crippen LogP contribution in [0.15, 0.2) is 84.9 Å². The SMILES string of the molecule is CC(NC(=O)C(NS(=O)O)(c1ccccc1)c1ccc(N)cc1)c1ccccc1. The summed E-state index contributed by atoms with van der Waals surface area (Å²) in [6.45, 7) is 1.86. The number of nitrogen functional groups attached to an aromatic ring is 1. The van der Waals surface area contributed by atoms with E-state index in [1.54, 1.807) is 48.5 Å². The molecule has 0 aliphatic rings. The van der Waals surface area contributed by atoms with Gasteiger partial charge in [0.1, 0.15) is 0 Å². The first-order valence-electron chi connectivity index (χ1n) is 9.09. The first-order chi connectivity index (χ1) is 13.9. The van der Waals surface area contributed by atoms with Crippen LogP contribution in [0, 0.1) is 0 Å². The molecule has 0 aliphatic heterocycles. The van der Waals surface area contributed by atoms with E-state index in [0.29, 0.717) is 16.8 Å². The van der Waals surface area contributed by atoms with Gasteiger partial charge in [0.2, 0.25) is 11.3 Å². The molecule has 0 aromatic heterocycles. The summed E-state index contributed by atoms with van der Waals surface area (Å²) in [6.07, 6.45) is 0. The van der Waals surface area contributed by atoms with Crippen molar-refractivity contribution >= 4 is 22.9 Å². The maximum atomic E-state index is 13.6. The monoisotopic (exact) mass is 409 g/mol. The molecule has 0 heterocycles. The van der Waals surface area contributed by atoms with E-state index in [9.17, 15) is 13.6 Å². The normalized spacial score (nSPS) is 15.1. The average Bonchev–Trinajstić information content (AvgIpc) is 2.73. The molecule has 0 aliphatic carbocycles. The van der Waals surface area contributed by atoms with E-state index in [0.717, 1.165) is 5.56 Å². The Morgan fingerprint density at radius 3 is 2.00 bits per heavy atom. The van der Waals surface area contributed by atoms with E-state index in [4.69, 9.17) is 5.73 Å². The van der Waals surface area contributed by atoms with Gasteiger partial charge in [-0.15, -0.1) is 0 Å². The van der Waals surface area contributed by atoms with E-state index in [-0.39, 0.29) is 6.04 Å². The number of nitrogens with one attached hydrogen (secondary N) is 2. The van der Waals surface area contributed by atoms with Crippen molar-refractivity contribution in [3.05, 3.63) is 102 Å². The fourth-order valence-corrected chi connectivity index (χ4v) is 3.87. The van der Waals surface area contributed by atoms with Crippen molar-refractivity contribution in [3.8, 4) is 0 Å². The molecule has 0 radical (unpaired) electrons. The highest BCUT2D eigenvalue weighted by Gasteiger charge is 2.44. The van der Waals surface area contributed by atoms with Crippen LogP contribution >= 0.6 is 0 Å². The van der Waals surface area contributed by atoms with Crippen molar-refractivity contribution < 1.29 is 13.6 Å². The number of carbonyl (C=O) groups is 1. The van der Waals surface area contributed by atoms with E-state index in [1.807, 2.05) is 43.3 Å². The van der Waals surface area contributed by atoms with Gasteiger partial charge in [0.15, 0.2) is 5.54 Å². The maximum absolute atomic E-state index is 13.6. The lowest BCUT2D eigenvalue weighted by Crippen LogP contribution is -2.56. The highest BCUT2D eigenvalue weighted by molar-refractivity contribution is 7.77. The summed E-state index contributed by atoms with van der Waals surface area (Å²) >= 11 is -2.46. The highest BCUT2D eigenvalue weighted by Crippen LogP contribution is 2.32. The van der Waals surface area contributed by atoms with Gasteiger partial charge < -0.3 is 11.1 Å². The minimum Gasteiger partial charge on any atom is -0.399 e. The average molecular weight is 410 g/mol. The Morgan fingerprint density at radius 2 is 1.45 bits per heavy atom. The predicted molar refractivity (Wildman–Crippen MR) is 115 cm³/mol. The zero-order valence-corrected chi connectivity index (χ0v) is 16.7. The molecular weight excluding hydrogens is 386 g/mol. The number of nitrogens with two attached hydrogens (primary N) is 1. The summed E-state index contributed by atoms with van der Waals surface area (Å²) in [5.41, 5.74) is 6.71. The van der Waals surface area contributed by atoms with Crippen LogP contribution in [0.4, 0.5) is 5.69 Å². The minimum atomic E-state index is -2.46. The molecule has 29 heavy (non-hydrogen) atoms. The molecule has 0 bridgehead atoms. The molecule has 0 spiro atoms. The van der Waals surface area contributed by atoms with Crippen molar-refractivity contribution in [2.24, 2.45) is 0 Å². The van der Waals surface area contributed by atoms with Gasteiger partial charge in [-0.05, 0) is 35.7 Å². The first kappa shape index (κ1) is 20.7. The smallest absolute Gasteiger partial charge is 0.251 e. The lowest BCUT2D eigenvalue weighted by Gasteiger charge is -2.34. The standard InChI is InChI=1S/C22H23N3O3S/c1-16(17-8-4-2-5-9-17)24-21(26)22(25-29(27)28,18-10-6-3-7-11-18)19-12-14-20(23)15-13-19/h2-16,25H,23H2,1H3,(H,24,26)(H,27,28). The molecule has 3 aromatic carbocycles. The summed E-state index contributed by atoms with van der Waals surface area (Å²) in [4.78, 5) is 13.6. The van der Waals surface area contributed by atoms with Crippen molar-refractivity contribution in [2.45, 2.75) is 18.5 Å². The third-order valence-corrected chi connectivity index (χ3v) is 5.26. The van der Waals surface area contributed by atoms with Crippen LogP contribution in [0.25, 0.3) is 0 Å². The zero-order valence-electron chi connectivity index (χ0n) is 15.9.